The predicted molar refractivity (Wildman–Crippen MR) is 130 cm³/mol. The largest absolute Gasteiger partial charge is 0.481 e. The third-order valence-electron chi connectivity index (χ3n) is 6.77. The van der Waals surface area contributed by atoms with Gasteiger partial charge in [0.1, 0.15) is 6.61 Å². The molecule has 186 valence electrons. The first kappa shape index (κ1) is 24.7. The summed E-state index contributed by atoms with van der Waals surface area (Å²) in [6, 6.07) is 15.9. The SMILES string of the molecule is CC(CCCNC(=O)OCC1c2ccccc2-c2ccccc21)C(=O)N1CCOCC1CC(=O)O. The summed E-state index contributed by atoms with van der Waals surface area (Å²) in [4.78, 5) is 37.9. The maximum Gasteiger partial charge on any atom is 0.407 e. The fourth-order valence-corrected chi connectivity index (χ4v) is 4.97. The molecule has 2 atom stereocenters. The maximum atomic E-state index is 12.8. The second-order valence-electron chi connectivity index (χ2n) is 9.15. The van der Waals surface area contributed by atoms with Gasteiger partial charge in [0, 0.05) is 24.9 Å². The topological polar surface area (TPSA) is 105 Å². The van der Waals surface area contributed by atoms with Crippen molar-refractivity contribution in [2.45, 2.75) is 38.1 Å². The number of fused-ring (bicyclic) bond motifs is 3. The number of carbonyl (C=O) groups is 3. The van der Waals surface area contributed by atoms with Crippen molar-refractivity contribution in [3.05, 3.63) is 59.7 Å². The Hall–Kier alpha value is -3.39. The van der Waals surface area contributed by atoms with E-state index in [1.165, 1.54) is 11.1 Å². The van der Waals surface area contributed by atoms with Crippen molar-refractivity contribution >= 4 is 18.0 Å². The lowest BCUT2D eigenvalue weighted by Crippen LogP contribution is -2.51. The van der Waals surface area contributed by atoms with Gasteiger partial charge in [0.25, 0.3) is 0 Å². The first-order valence-corrected chi connectivity index (χ1v) is 12.1. The van der Waals surface area contributed by atoms with Crippen molar-refractivity contribution in [1.29, 1.82) is 0 Å². The summed E-state index contributed by atoms with van der Waals surface area (Å²) < 4.78 is 10.9. The molecular formula is C27H32N2O6. The number of carboxylic acids is 1. The smallest absolute Gasteiger partial charge is 0.407 e. The van der Waals surface area contributed by atoms with Crippen LogP contribution in [0.5, 0.6) is 0 Å². The molecule has 4 rings (SSSR count). The van der Waals surface area contributed by atoms with E-state index in [-0.39, 0.29) is 37.4 Å². The average molecular weight is 481 g/mol. The van der Waals surface area contributed by atoms with E-state index >= 15 is 0 Å². The standard InChI is InChI=1S/C27H32N2O6/c1-18(26(32)29-13-14-34-16-19(29)15-25(30)31)7-6-12-28-27(33)35-17-24-22-10-4-2-8-20(22)21-9-3-5-11-23(21)24/h2-5,8-11,18-19,24H,6-7,12-17H2,1H3,(H,28,33)(H,30,31). The minimum absolute atomic E-state index is 0.0121. The number of hydrogen-bond acceptors (Lipinski definition) is 5. The highest BCUT2D eigenvalue weighted by atomic mass is 16.5. The lowest BCUT2D eigenvalue weighted by Gasteiger charge is -2.36. The quantitative estimate of drug-likeness (QED) is 0.531. The van der Waals surface area contributed by atoms with Gasteiger partial charge in [-0.15, -0.1) is 0 Å². The van der Waals surface area contributed by atoms with Gasteiger partial charge in [-0.25, -0.2) is 4.79 Å². The van der Waals surface area contributed by atoms with E-state index in [1.54, 1.807) is 4.90 Å². The van der Waals surface area contributed by atoms with Gasteiger partial charge in [0.15, 0.2) is 0 Å². The number of nitrogens with zero attached hydrogens (tertiary/aromatic N) is 1. The van der Waals surface area contributed by atoms with Crippen LogP contribution in [0.3, 0.4) is 0 Å². The van der Waals surface area contributed by atoms with Crippen LogP contribution in [0.25, 0.3) is 11.1 Å². The summed E-state index contributed by atoms with van der Waals surface area (Å²) in [7, 11) is 0. The third kappa shape index (κ3) is 5.82. The Morgan fingerprint density at radius 1 is 1.11 bits per heavy atom. The van der Waals surface area contributed by atoms with Gasteiger partial charge < -0.3 is 24.8 Å². The van der Waals surface area contributed by atoms with Gasteiger partial charge in [-0.2, -0.15) is 0 Å². The zero-order valence-corrected chi connectivity index (χ0v) is 19.9. The lowest BCUT2D eigenvalue weighted by atomic mass is 9.98. The van der Waals surface area contributed by atoms with Gasteiger partial charge in [0.05, 0.1) is 25.7 Å². The van der Waals surface area contributed by atoms with E-state index < -0.39 is 18.1 Å². The molecule has 2 unspecified atom stereocenters. The number of carbonyl (C=O) groups excluding carboxylic acids is 2. The molecule has 0 aromatic heterocycles. The fraction of sp³-hybridized carbons (Fsp3) is 0.444. The van der Waals surface area contributed by atoms with Crippen molar-refractivity contribution in [2.24, 2.45) is 5.92 Å². The molecule has 1 heterocycles. The first-order valence-electron chi connectivity index (χ1n) is 12.1. The summed E-state index contributed by atoms with van der Waals surface area (Å²) in [5.74, 6) is -1.27. The van der Waals surface area contributed by atoms with E-state index in [1.807, 2.05) is 31.2 Å². The van der Waals surface area contributed by atoms with Crippen LogP contribution in [0.2, 0.25) is 0 Å². The molecule has 8 nitrogen and oxygen atoms in total. The number of carboxylic acid groups (broad SMARTS) is 1. The number of nitrogens with one attached hydrogen (secondary N) is 1. The van der Waals surface area contributed by atoms with Gasteiger partial charge >= 0.3 is 12.1 Å². The zero-order valence-electron chi connectivity index (χ0n) is 19.9. The molecule has 2 aliphatic rings. The average Bonchev–Trinajstić information content (AvgIpc) is 3.18. The van der Waals surface area contributed by atoms with Crippen LogP contribution >= 0.6 is 0 Å². The molecule has 8 heteroatoms. The second-order valence-corrected chi connectivity index (χ2v) is 9.15. The van der Waals surface area contributed by atoms with E-state index in [0.717, 1.165) is 11.1 Å². The van der Waals surface area contributed by atoms with Crippen LogP contribution in [-0.4, -0.2) is 66.9 Å². The van der Waals surface area contributed by atoms with Gasteiger partial charge in [0.2, 0.25) is 5.91 Å². The van der Waals surface area contributed by atoms with Crippen molar-refractivity contribution in [3.63, 3.8) is 0 Å². The van der Waals surface area contributed by atoms with Crippen LogP contribution in [0.1, 0.15) is 43.2 Å². The molecule has 2 aromatic carbocycles. The summed E-state index contributed by atoms with van der Waals surface area (Å²) in [5.41, 5.74) is 4.69. The Morgan fingerprint density at radius 2 is 1.77 bits per heavy atom. The number of amides is 2. The second kappa shape index (κ2) is 11.4. The minimum Gasteiger partial charge on any atom is -0.481 e. The third-order valence-corrected chi connectivity index (χ3v) is 6.77. The summed E-state index contributed by atoms with van der Waals surface area (Å²) in [6.45, 7) is 3.56. The Balaban J connectivity index is 1.21. The molecule has 1 saturated heterocycles. The molecule has 0 radical (unpaired) electrons. The fourth-order valence-electron chi connectivity index (χ4n) is 4.97. The summed E-state index contributed by atoms with van der Waals surface area (Å²) in [5, 5.41) is 11.9. The number of morpholine rings is 1. The normalized spacial score (nSPS) is 17.9. The molecule has 1 aliphatic carbocycles. The molecule has 0 saturated carbocycles. The Kier molecular flexibility index (Phi) is 8.02. The number of hydrogen-bond donors (Lipinski definition) is 2. The highest BCUT2D eigenvalue weighted by molar-refractivity contribution is 5.80. The number of rotatable bonds is 9. The molecule has 2 aromatic rings. The minimum atomic E-state index is -0.946. The Bertz CT molecular complexity index is 1030. The Labute approximate surface area is 205 Å². The van der Waals surface area contributed by atoms with Crippen LogP contribution < -0.4 is 5.32 Å². The van der Waals surface area contributed by atoms with Crippen molar-refractivity contribution in [3.8, 4) is 11.1 Å². The van der Waals surface area contributed by atoms with Crippen LogP contribution in [0.15, 0.2) is 48.5 Å². The highest BCUT2D eigenvalue weighted by Crippen LogP contribution is 2.44. The van der Waals surface area contributed by atoms with Crippen molar-refractivity contribution < 1.29 is 29.0 Å². The molecule has 0 spiro atoms. The van der Waals surface area contributed by atoms with E-state index in [9.17, 15) is 14.4 Å². The van der Waals surface area contributed by atoms with Gasteiger partial charge in [-0.1, -0.05) is 55.5 Å². The predicted octanol–water partition coefficient (Wildman–Crippen LogP) is 3.64. The number of benzene rings is 2. The molecule has 1 fully saturated rings. The number of alkyl carbamates (subject to hydrolysis) is 1. The zero-order chi connectivity index (χ0) is 24.8. The maximum absolute atomic E-state index is 12.8. The first-order chi connectivity index (χ1) is 17.0. The highest BCUT2D eigenvalue weighted by Gasteiger charge is 2.32. The molecule has 2 amide bonds. The number of ether oxygens (including phenoxy) is 2. The molecule has 2 N–H and O–H groups in total. The van der Waals surface area contributed by atoms with E-state index in [2.05, 4.69) is 29.6 Å². The van der Waals surface area contributed by atoms with E-state index in [0.29, 0.717) is 32.5 Å². The number of aliphatic carboxylic acids is 1. The van der Waals surface area contributed by atoms with Gasteiger partial charge in [-0.05, 0) is 35.1 Å². The summed E-state index contributed by atoms with van der Waals surface area (Å²) in [6.07, 6.45) is 0.604. The van der Waals surface area contributed by atoms with Crippen LogP contribution in [-0.2, 0) is 19.1 Å². The van der Waals surface area contributed by atoms with Crippen molar-refractivity contribution in [1.82, 2.24) is 10.2 Å². The van der Waals surface area contributed by atoms with Crippen LogP contribution in [0, 0.1) is 5.92 Å². The van der Waals surface area contributed by atoms with E-state index in [4.69, 9.17) is 14.6 Å². The molecule has 35 heavy (non-hydrogen) atoms. The lowest BCUT2D eigenvalue weighted by molar-refractivity contribution is -0.148. The monoisotopic (exact) mass is 480 g/mol. The van der Waals surface area contributed by atoms with Crippen LogP contribution in [0.4, 0.5) is 4.79 Å². The van der Waals surface area contributed by atoms with Crippen molar-refractivity contribution in [2.75, 3.05) is 32.9 Å². The molecule has 0 bridgehead atoms. The molecular weight excluding hydrogens is 448 g/mol. The van der Waals surface area contributed by atoms with Gasteiger partial charge in [-0.3, -0.25) is 9.59 Å². The molecule has 1 aliphatic heterocycles. The summed E-state index contributed by atoms with van der Waals surface area (Å²) >= 11 is 0. The Morgan fingerprint density at radius 3 is 2.43 bits per heavy atom.